The molecule has 6 nitrogen and oxygen atoms in total. The van der Waals surface area contributed by atoms with Gasteiger partial charge in [0.1, 0.15) is 5.76 Å². The second-order valence-corrected chi connectivity index (χ2v) is 8.95. The molecule has 1 saturated heterocycles. The molecule has 0 aliphatic carbocycles. The third kappa shape index (κ3) is 3.24. The summed E-state index contributed by atoms with van der Waals surface area (Å²) in [5, 5.41) is 6.97. The Balaban J connectivity index is 1.59. The molecule has 4 heterocycles. The number of carbonyl (C=O) groups is 2. The van der Waals surface area contributed by atoms with Crippen LogP contribution in [0.2, 0.25) is 0 Å². The van der Waals surface area contributed by atoms with Crippen LogP contribution in [0.4, 0.5) is 4.79 Å². The van der Waals surface area contributed by atoms with Crippen LogP contribution in [0.5, 0.6) is 0 Å². The summed E-state index contributed by atoms with van der Waals surface area (Å²) in [5.74, 6) is 0.440. The summed E-state index contributed by atoms with van der Waals surface area (Å²) in [4.78, 5) is 30.4. The lowest BCUT2D eigenvalue weighted by Gasteiger charge is -2.06. The van der Waals surface area contributed by atoms with Gasteiger partial charge in [-0.15, -0.1) is 11.3 Å². The number of benzene rings is 1. The van der Waals surface area contributed by atoms with Crippen molar-refractivity contribution in [3.63, 3.8) is 0 Å². The van der Waals surface area contributed by atoms with E-state index in [1.165, 1.54) is 0 Å². The molecule has 1 aliphatic heterocycles. The van der Waals surface area contributed by atoms with Crippen LogP contribution < -0.4 is 5.32 Å². The van der Waals surface area contributed by atoms with Crippen molar-refractivity contribution < 1.29 is 14.1 Å². The third-order valence-corrected chi connectivity index (χ3v) is 6.80. The molecule has 0 atom stereocenters. The van der Waals surface area contributed by atoms with Crippen molar-refractivity contribution >= 4 is 51.2 Å². The molecule has 1 N–H and O–H groups in total. The van der Waals surface area contributed by atoms with Crippen molar-refractivity contribution in [2.45, 2.75) is 13.8 Å². The number of aryl methyl sites for hydroxylation is 2. The molecule has 148 valence electrons. The van der Waals surface area contributed by atoms with Crippen LogP contribution in [0.3, 0.4) is 0 Å². The first-order valence-electron chi connectivity index (χ1n) is 9.16. The summed E-state index contributed by atoms with van der Waals surface area (Å²) in [5.41, 5.74) is 4.66. The SMILES string of the molecule is Cc1noc(C)c1-c1ccc(-c2ccnc3ccc(/C=C4/SC(=O)NC4=O)cc23)s1. The number of pyridine rings is 1. The van der Waals surface area contributed by atoms with Crippen LogP contribution >= 0.6 is 23.1 Å². The minimum atomic E-state index is -0.362. The Labute approximate surface area is 180 Å². The highest BCUT2D eigenvalue weighted by Crippen LogP contribution is 2.39. The Morgan fingerprint density at radius 2 is 1.90 bits per heavy atom. The van der Waals surface area contributed by atoms with Gasteiger partial charge in [0, 0.05) is 26.9 Å². The Bertz CT molecular complexity index is 1350. The van der Waals surface area contributed by atoms with E-state index in [4.69, 9.17) is 4.52 Å². The first kappa shape index (κ1) is 18.8. The van der Waals surface area contributed by atoms with Crippen LogP contribution in [0, 0.1) is 13.8 Å². The second-order valence-electron chi connectivity index (χ2n) is 6.85. The van der Waals surface area contributed by atoms with E-state index in [0.29, 0.717) is 4.91 Å². The number of amides is 2. The van der Waals surface area contributed by atoms with Crippen molar-refractivity contribution in [2.75, 3.05) is 0 Å². The van der Waals surface area contributed by atoms with Gasteiger partial charge < -0.3 is 4.52 Å². The monoisotopic (exact) mass is 433 g/mol. The van der Waals surface area contributed by atoms with Crippen LogP contribution in [-0.2, 0) is 4.79 Å². The number of imide groups is 1. The predicted octanol–water partition coefficient (Wildman–Crippen LogP) is 5.56. The topological polar surface area (TPSA) is 85.1 Å². The average molecular weight is 434 g/mol. The zero-order valence-corrected chi connectivity index (χ0v) is 17.7. The van der Waals surface area contributed by atoms with Crippen molar-refractivity contribution in [3.05, 3.63) is 64.5 Å². The number of fused-ring (bicyclic) bond motifs is 1. The standard InChI is InChI=1S/C22H15N3O3S2/c1-11-20(12(2)28-25-11)18-6-5-17(29-18)14-7-8-23-16-4-3-13(9-15(14)16)10-19-21(26)24-22(27)30-19/h3-10H,1-2H3,(H,24,26,27)/b19-10+. The van der Waals surface area contributed by atoms with E-state index in [1.54, 1.807) is 23.6 Å². The maximum atomic E-state index is 11.9. The maximum Gasteiger partial charge on any atom is 0.290 e. The van der Waals surface area contributed by atoms with Crippen LogP contribution in [0.15, 0.2) is 52.0 Å². The van der Waals surface area contributed by atoms with Gasteiger partial charge in [-0.2, -0.15) is 0 Å². The molecule has 8 heteroatoms. The molecule has 30 heavy (non-hydrogen) atoms. The predicted molar refractivity (Wildman–Crippen MR) is 119 cm³/mol. The van der Waals surface area contributed by atoms with Gasteiger partial charge in [0.25, 0.3) is 11.1 Å². The fourth-order valence-corrected chi connectivity index (χ4v) is 5.37. The molecule has 0 bridgehead atoms. The molecule has 1 fully saturated rings. The molecule has 1 aromatic carbocycles. The summed E-state index contributed by atoms with van der Waals surface area (Å²) in [6.45, 7) is 3.85. The quantitative estimate of drug-likeness (QED) is 0.426. The molecule has 0 unspecified atom stereocenters. The van der Waals surface area contributed by atoms with E-state index >= 15 is 0 Å². The Hall–Kier alpha value is -3.23. The number of rotatable bonds is 3. The summed E-state index contributed by atoms with van der Waals surface area (Å²) < 4.78 is 5.31. The first-order chi connectivity index (χ1) is 14.5. The highest BCUT2D eigenvalue weighted by atomic mass is 32.2. The van der Waals surface area contributed by atoms with Gasteiger partial charge in [-0.05, 0) is 67.6 Å². The van der Waals surface area contributed by atoms with E-state index in [0.717, 1.165) is 60.6 Å². The van der Waals surface area contributed by atoms with Gasteiger partial charge >= 0.3 is 0 Å². The van der Waals surface area contributed by atoms with Gasteiger partial charge in [0.2, 0.25) is 0 Å². The summed E-state index contributed by atoms with van der Waals surface area (Å²) >= 11 is 2.58. The molecule has 0 spiro atoms. The van der Waals surface area contributed by atoms with Crippen LogP contribution in [-0.4, -0.2) is 21.3 Å². The molecular weight excluding hydrogens is 418 g/mol. The number of carbonyl (C=O) groups excluding carboxylic acids is 2. The van der Waals surface area contributed by atoms with Crippen LogP contribution in [0.25, 0.3) is 37.9 Å². The zero-order valence-electron chi connectivity index (χ0n) is 16.1. The van der Waals surface area contributed by atoms with Crippen molar-refractivity contribution in [3.8, 4) is 20.9 Å². The van der Waals surface area contributed by atoms with Gasteiger partial charge in [0.15, 0.2) is 0 Å². The average Bonchev–Trinajstić information content (AvgIpc) is 3.41. The molecule has 0 radical (unpaired) electrons. The zero-order chi connectivity index (χ0) is 20.8. The number of thioether (sulfide) groups is 1. The Morgan fingerprint density at radius 3 is 2.63 bits per heavy atom. The number of nitrogens with zero attached hydrogens (tertiary/aromatic N) is 2. The fourth-order valence-electron chi connectivity index (χ4n) is 3.49. The lowest BCUT2D eigenvalue weighted by atomic mass is 10.0. The van der Waals surface area contributed by atoms with E-state index < -0.39 is 0 Å². The molecule has 4 aromatic rings. The van der Waals surface area contributed by atoms with E-state index in [9.17, 15) is 9.59 Å². The normalized spacial score (nSPS) is 15.3. The lowest BCUT2D eigenvalue weighted by molar-refractivity contribution is -0.115. The number of thiophene rings is 1. The largest absolute Gasteiger partial charge is 0.361 e. The number of aromatic nitrogens is 2. The van der Waals surface area contributed by atoms with Gasteiger partial charge in [-0.1, -0.05) is 11.2 Å². The molecule has 0 saturated carbocycles. The minimum absolute atomic E-state index is 0.347. The lowest BCUT2D eigenvalue weighted by Crippen LogP contribution is -2.17. The van der Waals surface area contributed by atoms with E-state index in [-0.39, 0.29) is 11.1 Å². The molecular formula is C22H15N3O3S2. The number of hydrogen-bond donors (Lipinski definition) is 1. The van der Waals surface area contributed by atoms with Crippen molar-refractivity contribution in [1.29, 1.82) is 0 Å². The molecule has 2 amide bonds. The number of hydrogen-bond acceptors (Lipinski definition) is 7. The molecule has 5 rings (SSSR count). The third-order valence-electron chi connectivity index (χ3n) is 4.86. The molecule has 3 aromatic heterocycles. The highest BCUT2D eigenvalue weighted by Gasteiger charge is 2.25. The van der Waals surface area contributed by atoms with Crippen LogP contribution in [0.1, 0.15) is 17.0 Å². The first-order valence-corrected chi connectivity index (χ1v) is 10.8. The van der Waals surface area contributed by atoms with E-state index in [1.807, 2.05) is 38.1 Å². The highest BCUT2D eigenvalue weighted by molar-refractivity contribution is 8.18. The van der Waals surface area contributed by atoms with Gasteiger partial charge in [-0.25, -0.2) is 0 Å². The van der Waals surface area contributed by atoms with Gasteiger partial charge in [0.05, 0.1) is 21.7 Å². The maximum absolute atomic E-state index is 11.9. The van der Waals surface area contributed by atoms with Crippen molar-refractivity contribution in [2.24, 2.45) is 0 Å². The van der Waals surface area contributed by atoms with Gasteiger partial charge in [-0.3, -0.25) is 19.9 Å². The Morgan fingerprint density at radius 1 is 1.07 bits per heavy atom. The Kier molecular flexibility index (Phi) is 4.52. The summed E-state index contributed by atoms with van der Waals surface area (Å²) in [7, 11) is 0. The number of nitrogens with one attached hydrogen (secondary N) is 1. The second kappa shape index (κ2) is 7.23. The van der Waals surface area contributed by atoms with Crippen molar-refractivity contribution in [1.82, 2.24) is 15.5 Å². The molecule has 1 aliphatic rings. The summed E-state index contributed by atoms with van der Waals surface area (Å²) in [6, 6.07) is 12.0. The minimum Gasteiger partial charge on any atom is -0.361 e. The fraction of sp³-hybridized carbons (Fsp3) is 0.0909. The smallest absolute Gasteiger partial charge is 0.290 e. The summed E-state index contributed by atoms with van der Waals surface area (Å²) in [6.07, 6.45) is 3.52. The van der Waals surface area contributed by atoms with E-state index in [2.05, 4.69) is 27.6 Å².